The molecule has 0 aromatic heterocycles. The van der Waals surface area contributed by atoms with E-state index < -0.39 is 0 Å². The number of hydrogen-bond acceptors (Lipinski definition) is 3. The zero-order valence-electron chi connectivity index (χ0n) is 15.4. The van der Waals surface area contributed by atoms with Crippen LogP contribution in [-0.2, 0) is 14.3 Å². The van der Waals surface area contributed by atoms with E-state index in [-0.39, 0.29) is 17.3 Å². The van der Waals surface area contributed by atoms with Crippen LogP contribution in [0.5, 0.6) is 0 Å². The van der Waals surface area contributed by atoms with Gasteiger partial charge in [-0.1, -0.05) is 39.8 Å². The quantitative estimate of drug-likeness (QED) is 0.428. The first-order chi connectivity index (χ1) is 10.7. The molecule has 130 valence electrons. The third-order valence-electron chi connectivity index (χ3n) is 6.89. The molecular formula is C20H32O3. The molecule has 0 aliphatic heterocycles. The molecule has 0 bridgehead atoms. The minimum atomic E-state index is -0.171. The average molecular weight is 320 g/mol. The number of allylic oxidation sites excluding steroid dienone is 1. The molecule has 0 heterocycles. The molecule has 4 atom stereocenters. The minimum absolute atomic E-state index is 0.0531. The lowest BCUT2D eigenvalue weighted by molar-refractivity contribution is -0.143. The summed E-state index contributed by atoms with van der Waals surface area (Å²) in [6.45, 7) is 12.9. The summed E-state index contributed by atoms with van der Waals surface area (Å²) in [6.07, 6.45) is 6.37. The maximum absolute atomic E-state index is 11.2. The van der Waals surface area contributed by atoms with E-state index >= 15 is 0 Å². The van der Waals surface area contributed by atoms with Crippen molar-refractivity contribution in [3.05, 3.63) is 12.2 Å². The average Bonchev–Trinajstić information content (AvgIpc) is 3.38. The summed E-state index contributed by atoms with van der Waals surface area (Å²) in [5.74, 6) is 1.95. The van der Waals surface area contributed by atoms with Gasteiger partial charge in [0.15, 0.2) is 0 Å². The SMILES string of the molecule is C=C1CC[C@@]2(C(C)C)C[C@@H]12.COC(=O)[C@@H]1C[C@@]1(CC=O)C(C)C. The van der Waals surface area contributed by atoms with E-state index in [2.05, 4.69) is 25.2 Å². The van der Waals surface area contributed by atoms with Crippen LogP contribution in [0.25, 0.3) is 0 Å². The molecule has 3 saturated carbocycles. The molecule has 3 rings (SSSR count). The predicted molar refractivity (Wildman–Crippen MR) is 91.8 cm³/mol. The Kier molecular flexibility index (Phi) is 5.08. The Morgan fingerprint density at radius 3 is 2.26 bits per heavy atom. The topological polar surface area (TPSA) is 43.4 Å². The molecule has 0 unspecified atom stereocenters. The second kappa shape index (κ2) is 6.41. The summed E-state index contributed by atoms with van der Waals surface area (Å²) < 4.78 is 4.67. The lowest BCUT2D eigenvalue weighted by Gasteiger charge is -2.17. The van der Waals surface area contributed by atoms with Gasteiger partial charge < -0.3 is 9.53 Å². The Morgan fingerprint density at radius 2 is 1.96 bits per heavy atom. The van der Waals surface area contributed by atoms with E-state index in [1.165, 1.54) is 31.9 Å². The summed E-state index contributed by atoms with van der Waals surface area (Å²) in [7, 11) is 1.40. The monoisotopic (exact) mass is 320 g/mol. The van der Waals surface area contributed by atoms with Crippen molar-refractivity contribution in [1.29, 1.82) is 0 Å². The van der Waals surface area contributed by atoms with E-state index in [1.807, 2.05) is 13.8 Å². The molecule has 0 N–H and O–H groups in total. The van der Waals surface area contributed by atoms with E-state index in [0.29, 0.717) is 12.3 Å². The van der Waals surface area contributed by atoms with Crippen LogP contribution in [0.15, 0.2) is 12.2 Å². The minimum Gasteiger partial charge on any atom is -0.469 e. The number of carbonyl (C=O) groups excluding carboxylic acids is 2. The molecule has 3 aliphatic rings. The highest BCUT2D eigenvalue weighted by Crippen LogP contribution is 2.69. The molecule has 3 nitrogen and oxygen atoms in total. The summed E-state index contributed by atoms with van der Waals surface area (Å²) in [5.41, 5.74) is 2.17. The number of methoxy groups -OCH3 is 1. The van der Waals surface area contributed by atoms with Gasteiger partial charge in [0, 0.05) is 6.42 Å². The van der Waals surface area contributed by atoms with E-state index in [4.69, 9.17) is 0 Å². The standard InChI is InChI=1S/C10H16O3.C10H16/c1-7(2)10(4-5-11)6-8(10)9(12)13-3;1-7(2)10-5-4-8(3)9(10)6-10/h5,7-8H,4,6H2,1-3H3;7,9H,3-6H2,1-2H3/t8-,10-;9-,10-/m00/s1. The van der Waals surface area contributed by atoms with E-state index in [1.54, 1.807) is 0 Å². The fourth-order valence-electron chi connectivity index (χ4n) is 4.68. The molecule has 23 heavy (non-hydrogen) atoms. The highest BCUT2D eigenvalue weighted by atomic mass is 16.5. The smallest absolute Gasteiger partial charge is 0.309 e. The van der Waals surface area contributed by atoms with E-state index in [0.717, 1.165) is 30.0 Å². The van der Waals surface area contributed by atoms with Crippen LogP contribution in [0.1, 0.15) is 59.8 Å². The Labute approximate surface area is 140 Å². The van der Waals surface area contributed by atoms with E-state index in [9.17, 15) is 9.59 Å². The fraction of sp³-hybridized carbons (Fsp3) is 0.800. The first kappa shape index (κ1) is 18.2. The maximum atomic E-state index is 11.2. The lowest BCUT2D eigenvalue weighted by Crippen LogP contribution is -2.18. The number of esters is 1. The fourth-order valence-corrected chi connectivity index (χ4v) is 4.68. The first-order valence-corrected chi connectivity index (χ1v) is 8.94. The van der Waals surface area contributed by atoms with Crippen LogP contribution in [0.2, 0.25) is 0 Å². The summed E-state index contributed by atoms with van der Waals surface area (Å²) in [6, 6.07) is 0. The highest BCUT2D eigenvalue weighted by Gasteiger charge is 2.60. The van der Waals surface area contributed by atoms with Gasteiger partial charge in [-0.05, 0) is 54.3 Å². The Balaban J connectivity index is 0.000000172. The van der Waals surface area contributed by atoms with Crippen LogP contribution in [-0.4, -0.2) is 19.4 Å². The van der Waals surface area contributed by atoms with Crippen LogP contribution < -0.4 is 0 Å². The van der Waals surface area contributed by atoms with Crippen molar-refractivity contribution in [1.82, 2.24) is 0 Å². The number of hydrogen-bond donors (Lipinski definition) is 0. The third kappa shape index (κ3) is 3.12. The van der Waals surface area contributed by atoms with Gasteiger partial charge in [-0.15, -0.1) is 0 Å². The Bertz CT molecular complexity index is 493. The molecule has 0 saturated heterocycles. The maximum Gasteiger partial charge on any atom is 0.309 e. The summed E-state index contributed by atoms with van der Waals surface area (Å²) in [5, 5.41) is 0. The number of ether oxygens (including phenoxy) is 1. The summed E-state index contributed by atoms with van der Waals surface area (Å²) >= 11 is 0. The Morgan fingerprint density at radius 1 is 1.30 bits per heavy atom. The second-order valence-corrected chi connectivity index (χ2v) is 8.34. The van der Waals surface area contributed by atoms with Crippen LogP contribution >= 0.6 is 0 Å². The van der Waals surface area contributed by atoms with Crippen molar-refractivity contribution in [2.75, 3.05) is 7.11 Å². The molecular weight excluding hydrogens is 288 g/mol. The molecule has 0 radical (unpaired) electrons. The van der Waals surface area contributed by atoms with Gasteiger partial charge in [0.05, 0.1) is 13.0 Å². The van der Waals surface area contributed by atoms with Crippen molar-refractivity contribution in [3.8, 4) is 0 Å². The third-order valence-corrected chi connectivity index (χ3v) is 6.89. The predicted octanol–water partition coefficient (Wildman–Crippen LogP) is 4.41. The molecule has 0 aromatic carbocycles. The van der Waals surface area contributed by atoms with Crippen molar-refractivity contribution in [2.45, 2.75) is 59.8 Å². The van der Waals surface area contributed by atoms with Gasteiger partial charge in [0.25, 0.3) is 0 Å². The number of carbonyl (C=O) groups is 2. The first-order valence-electron chi connectivity index (χ1n) is 8.94. The van der Waals surface area contributed by atoms with Gasteiger partial charge in [-0.25, -0.2) is 0 Å². The molecule has 3 fully saturated rings. The molecule has 0 amide bonds. The largest absolute Gasteiger partial charge is 0.469 e. The van der Waals surface area contributed by atoms with Crippen LogP contribution in [0.3, 0.4) is 0 Å². The molecule has 3 heteroatoms. The van der Waals surface area contributed by atoms with Crippen molar-refractivity contribution < 1.29 is 14.3 Å². The van der Waals surface area contributed by atoms with Crippen LogP contribution in [0.4, 0.5) is 0 Å². The number of aldehydes is 1. The molecule has 0 aromatic rings. The van der Waals surface area contributed by atoms with Crippen molar-refractivity contribution in [3.63, 3.8) is 0 Å². The van der Waals surface area contributed by atoms with Gasteiger partial charge >= 0.3 is 5.97 Å². The number of rotatable bonds is 5. The molecule has 0 spiro atoms. The van der Waals surface area contributed by atoms with Gasteiger partial charge in [-0.2, -0.15) is 0 Å². The highest BCUT2D eigenvalue weighted by molar-refractivity contribution is 5.78. The summed E-state index contributed by atoms with van der Waals surface area (Å²) in [4.78, 5) is 21.7. The van der Waals surface area contributed by atoms with Gasteiger partial charge in [-0.3, -0.25) is 4.79 Å². The van der Waals surface area contributed by atoms with Gasteiger partial charge in [0.2, 0.25) is 0 Å². The van der Waals surface area contributed by atoms with Crippen molar-refractivity contribution >= 4 is 12.3 Å². The van der Waals surface area contributed by atoms with Crippen molar-refractivity contribution in [2.24, 2.45) is 34.5 Å². The molecule has 3 aliphatic carbocycles. The second-order valence-electron chi connectivity index (χ2n) is 8.34. The normalized spacial score (nSPS) is 37.1. The number of fused-ring (bicyclic) bond motifs is 1. The van der Waals surface area contributed by atoms with Crippen LogP contribution in [0, 0.1) is 34.5 Å². The Hall–Kier alpha value is -1.12. The zero-order valence-corrected chi connectivity index (χ0v) is 15.4. The lowest BCUT2D eigenvalue weighted by atomic mass is 9.87. The zero-order chi connectivity index (χ0) is 17.4. The van der Waals surface area contributed by atoms with Gasteiger partial charge in [0.1, 0.15) is 6.29 Å².